The summed E-state index contributed by atoms with van der Waals surface area (Å²) >= 11 is 1.25. The number of thiazole rings is 1. The van der Waals surface area contributed by atoms with Gasteiger partial charge in [-0.1, -0.05) is 17.9 Å². The van der Waals surface area contributed by atoms with Crippen LogP contribution in [0.25, 0.3) is 21.6 Å². The number of nitrogens with one attached hydrogen (secondary N) is 2. The maximum absolute atomic E-state index is 14.0. The highest BCUT2D eigenvalue weighted by Crippen LogP contribution is 2.31. The lowest BCUT2D eigenvalue weighted by atomic mass is 10.2. The summed E-state index contributed by atoms with van der Waals surface area (Å²) < 4.78 is 29.2. The van der Waals surface area contributed by atoms with Gasteiger partial charge in [0.2, 0.25) is 5.91 Å². The second-order valence-corrected chi connectivity index (χ2v) is 9.37. The van der Waals surface area contributed by atoms with Crippen molar-refractivity contribution < 1.29 is 18.4 Å². The molecule has 5 rings (SSSR count). The van der Waals surface area contributed by atoms with E-state index >= 15 is 0 Å². The number of carbonyl (C=O) groups is 2. The zero-order chi connectivity index (χ0) is 25.9. The summed E-state index contributed by atoms with van der Waals surface area (Å²) in [4.78, 5) is 43.4. The summed E-state index contributed by atoms with van der Waals surface area (Å²) in [5.74, 6) is -2.14. The highest BCUT2D eigenvalue weighted by atomic mass is 32.1. The number of rotatable bonds is 8. The van der Waals surface area contributed by atoms with Crippen LogP contribution < -0.4 is 10.6 Å². The first kappa shape index (κ1) is 24.4. The molecule has 13 heteroatoms. The molecule has 2 amide bonds. The lowest BCUT2D eigenvalue weighted by molar-refractivity contribution is -0.136. The number of hydrogen-bond acceptors (Lipinski definition) is 8. The zero-order valence-electron chi connectivity index (χ0n) is 19.5. The molecule has 0 bridgehead atoms. The Morgan fingerprint density at radius 2 is 2.08 bits per heavy atom. The normalized spacial score (nSPS) is 15.2. The van der Waals surface area contributed by atoms with Crippen LogP contribution >= 0.6 is 11.3 Å². The third-order valence-corrected chi connectivity index (χ3v) is 6.86. The highest BCUT2D eigenvalue weighted by Gasteiger charge is 2.34. The molecule has 1 aliphatic rings. The molecule has 1 atom stereocenters. The Bertz CT molecular complexity index is 1490. The van der Waals surface area contributed by atoms with Crippen molar-refractivity contribution in [3.8, 4) is 10.6 Å². The number of aromatic nitrogens is 5. The number of hydrogen-bond donors (Lipinski definition) is 2. The number of imidazole rings is 1. The fourth-order valence-corrected chi connectivity index (χ4v) is 5.00. The van der Waals surface area contributed by atoms with Gasteiger partial charge in [0.05, 0.1) is 22.9 Å². The van der Waals surface area contributed by atoms with E-state index in [4.69, 9.17) is 0 Å². The molecule has 0 aromatic carbocycles. The van der Waals surface area contributed by atoms with Crippen LogP contribution in [0, 0.1) is 5.82 Å². The Balaban J connectivity index is 1.23. The minimum absolute atomic E-state index is 0.233. The van der Waals surface area contributed by atoms with Crippen molar-refractivity contribution in [1.82, 2.24) is 34.7 Å². The van der Waals surface area contributed by atoms with Crippen LogP contribution in [-0.2, 0) is 16.1 Å². The molecule has 2 N–H and O–H groups in total. The number of fused-ring (bicyclic) bond motifs is 1. The van der Waals surface area contributed by atoms with Crippen molar-refractivity contribution >= 4 is 45.1 Å². The average molecular weight is 525 g/mol. The molecule has 0 unspecified atom stereocenters. The van der Waals surface area contributed by atoms with Gasteiger partial charge in [-0.15, -0.1) is 0 Å². The first-order chi connectivity index (χ1) is 17.9. The predicted octanol–water partition coefficient (Wildman–Crippen LogP) is 3.42. The van der Waals surface area contributed by atoms with Crippen molar-refractivity contribution in [2.45, 2.75) is 25.4 Å². The maximum Gasteiger partial charge on any atom is 0.282 e. The largest absolute Gasteiger partial charge is 0.353 e. The van der Waals surface area contributed by atoms with Gasteiger partial charge in [0, 0.05) is 38.1 Å². The number of anilines is 2. The standard InChI is InChI=1S/C24H22F2N8O2S/c1-14(25)23(36)34-8-3-5-17(34)22(35)28-7-9-33-13-31-16-11-29-20(10-18(16)33)32-24-30-12-19(37-24)21-15(26)4-2-6-27-21/h2,4,6,10-13,17H,1,3,5,7-9H2,(H,28,35)(H,29,30,32)/t17-/m0/s1. The summed E-state index contributed by atoms with van der Waals surface area (Å²) in [6, 6.07) is 3.97. The third-order valence-electron chi connectivity index (χ3n) is 5.94. The van der Waals surface area contributed by atoms with Crippen LogP contribution in [-0.4, -0.2) is 60.3 Å². The molecular weight excluding hydrogens is 502 g/mol. The molecule has 1 saturated heterocycles. The topological polar surface area (TPSA) is 118 Å². The number of halogens is 2. The Morgan fingerprint density at radius 1 is 1.22 bits per heavy atom. The first-order valence-corrected chi connectivity index (χ1v) is 12.3. The van der Waals surface area contributed by atoms with Gasteiger partial charge in [0.15, 0.2) is 11.0 Å². The van der Waals surface area contributed by atoms with Crippen molar-refractivity contribution in [2.75, 3.05) is 18.4 Å². The summed E-state index contributed by atoms with van der Waals surface area (Å²) in [7, 11) is 0. The van der Waals surface area contributed by atoms with E-state index in [2.05, 4.69) is 37.1 Å². The number of carbonyl (C=O) groups excluding carboxylic acids is 2. The van der Waals surface area contributed by atoms with Gasteiger partial charge in [0.1, 0.15) is 28.9 Å². The summed E-state index contributed by atoms with van der Waals surface area (Å²) in [5, 5.41) is 6.46. The fraction of sp³-hybridized carbons (Fsp3) is 0.250. The summed E-state index contributed by atoms with van der Waals surface area (Å²) in [6.45, 7) is 4.07. The van der Waals surface area contributed by atoms with Crippen molar-refractivity contribution in [3.63, 3.8) is 0 Å². The molecule has 4 aromatic heterocycles. The van der Waals surface area contributed by atoms with Crippen molar-refractivity contribution in [1.29, 1.82) is 0 Å². The monoisotopic (exact) mass is 524 g/mol. The second-order valence-electron chi connectivity index (χ2n) is 8.34. The van der Waals surface area contributed by atoms with E-state index < -0.39 is 23.6 Å². The van der Waals surface area contributed by atoms with Gasteiger partial charge in [0.25, 0.3) is 5.91 Å². The quantitative estimate of drug-likeness (QED) is 0.339. The highest BCUT2D eigenvalue weighted by molar-refractivity contribution is 7.18. The maximum atomic E-state index is 14.0. The van der Waals surface area contributed by atoms with E-state index in [1.165, 1.54) is 34.6 Å². The van der Waals surface area contributed by atoms with E-state index in [0.717, 1.165) is 5.52 Å². The first-order valence-electron chi connectivity index (χ1n) is 11.5. The minimum Gasteiger partial charge on any atom is -0.353 e. The van der Waals surface area contributed by atoms with Crippen molar-refractivity contribution in [2.24, 2.45) is 0 Å². The number of nitrogens with zero attached hydrogens (tertiary/aromatic N) is 6. The lowest BCUT2D eigenvalue weighted by Gasteiger charge is -2.23. The molecule has 37 heavy (non-hydrogen) atoms. The van der Waals surface area contributed by atoms with Crippen LogP contribution in [0.1, 0.15) is 12.8 Å². The fourth-order valence-electron chi connectivity index (χ4n) is 4.18. The van der Waals surface area contributed by atoms with Gasteiger partial charge in [-0.2, -0.15) is 0 Å². The Labute approximate surface area is 214 Å². The number of likely N-dealkylation sites (tertiary alicyclic amines) is 1. The average Bonchev–Trinajstić information content (AvgIpc) is 3.64. The molecular formula is C24H22F2N8O2S. The Hall–Kier alpha value is -4.26. The lowest BCUT2D eigenvalue weighted by Crippen LogP contribution is -2.46. The van der Waals surface area contributed by atoms with Gasteiger partial charge in [-0.05, 0) is 25.0 Å². The van der Waals surface area contributed by atoms with E-state index in [1.54, 1.807) is 24.8 Å². The molecule has 0 saturated carbocycles. The Kier molecular flexibility index (Phi) is 6.86. The molecule has 1 aliphatic heterocycles. The van der Waals surface area contributed by atoms with Crippen LogP contribution in [0.3, 0.4) is 0 Å². The van der Waals surface area contributed by atoms with Gasteiger partial charge in [-0.25, -0.2) is 23.7 Å². The van der Waals surface area contributed by atoms with E-state index in [9.17, 15) is 18.4 Å². The smallest absolute Gasteiger partial charge is 0.282 e. The van der Waals surface area contributed by atoms with Gasteiger partial charge >= 0.3 is 0 Å². The van der Waals surface area contributed by atoms with Gasteiger partial charge < -0.3 is 20.1 Å². The van der Waals surface area contributed by atoms with E-state index in [-0.39, 0.29) is 18.1 Å². The van der Waals surface area contributed by atoms with Gasteiger partial charge in [-0.3, -0.25) is 14.6 Å². The minimum atomic E-state index is -1.07. The summed E-state index contributed by atoms with van der Waals surface area (Å²) in [6.07, 6.45) is 7.44. The third kappa shape index (κ3) is 5.16. The molecule has 0 spiro atoms. The summed E-state index contributed by atoms with van der Waals surface area (Å²) in [5.41, 5.74) is 1.68. The van der Waals surface area contributed by atoms with Crippen LogP contribution in [0.4, 0.5) is 19.7 Å². The molecule has 0 aliphatic carbocycles. The molecule has 4 aromatic rings. The Morgan fingerprint density at radius 3 is 2.89 bits per heavy atom. The van der Waals surface area contributed by atoms with Crippen LogP contribution in [0.15, 0.2) is 55.5 Å². The van der Waals surface area contributed by atoms with Crippen LogP contribution in [0.2, 0.25) is 0 Å². The van der Waals surface area contributed by atoms with Crippen molar-refractivity contribution in [3.05, 3.63) is 61.3 Å². The zero-order valence-corrected chi connectivity index (χ0v) is 20.3. The predicted molar refractivity (Wildman–Crippen MR) is 134 cm³/mol. The molecule has 190 valence electrons. The SMILES string of the molecule is C=C(F)C(=O)N1CCC[C@H]1C(=O)NCCn1cnc2cnc(Nc3ncc(-c4ncccc4F)s3)cc21. The van der Waals surface area contributed by atoms with Crippen LogP contribution in [0.5, 0.6) is 0 Å². The van der Waals surface area contributed by atoms with E-state index in [0.29, 0.717) is 47.3 Å². The van der Waals surface area contributed by atoms with E-state index in [1.807, 2.05) is 4.57 Å². The molecule has 10 nitrogen and oxygen atoms in total. The molecule has 5 heterocycles. The second kappa shape index (κ2) is 10.4. The number of amides is 2. The molecule has 0 radical (unpaired) electrons. The number of pyridine rings is 2. The molecule has 1 fully saturated rings.